The normalized spacial score (nSPS) is 16.1. The molecule has 1 fully saturated rings. The Morgan fingerprint density at radius 2 is 1.59 bits per heavy atom. The highest BCUT2D eigenvalue weighted by Crippen LogP contribution is 2.31. The molecule has 1 aliphatic rings. The number of nitrogens with zero attached hydrogens (tertiary/aromatic N) is 2. The van der Waals surface area contributed by atoms with Crippen molar-refractivity contribution in [2.24, 2.45) is 0 Å². The molecule has 0 radical (unpaired) electrons. The summed E-state index contributed by atoms with van der Waals surface area (Å²) < 4.78 is 65.2. The Balaban J connectivity index is 1.75. The number of rotatable bonds is 3. The van der Waals surface area contributed by atoms with Crippen molar-refractivity contribution < 1.29 is 26.4 Å². The van der Waals surface area contributed by atoms with Gasteiger partial charge in [-0.3, -0.25) is 4.79 Å². The van der Waals surface area contributed by atoms with Gasteiger partial charge < -0.3 is 4.90 Å². The maximum absolute atomic E-state index is 12.9. The van der Waals surface area contributed by atoms with E-state index in [1.807, 2.05) is 0 Å². The van der Waals surface area contributed by atoms with Crippen LogP contribution in [-0.4, -0.2) is 49.7 Å². The molecule has 2 aromatic rings. The fourth-order valence-corrected chi connectivity index (χ4v) is 4.80. The standard InChI is InChI=1S/C18H15Cl2F3N2O3S/c19-15-6-2-5-14(16(15)20)17(26)24-7-9-25(10-8-24)29(27,28)13-4-1-3-12(11-13)18(21,22)23/h1-6,11H,7-10H2. The number of carbonyl (C=O) groups excluding carboxylic acids is 1. The van der Waals surface area contributed by atoms with Crippen LogP contribution in [0.1, 0.15) is 15.9 Å². The highest BCUT2D eigenvalue weighted by Gasteiger charge is 2.34. The summed E-state index contributed by atoms with van der Waals surface area (Å²) in [6.45, 7) is 0.0325. The van der Waals surface area contributed by atoms with Gasteiger partial charge in [0.2, 0.25) is 10.0 Å². The summed E-state index contributed by atoms with van der Waals surface area (Å²) in [6, 6.07) is 8.23. The number of sulfonamides is 1. The molecule has 0 aromatic heterocycles. The van der Waals surface area contributed by atoms with Crippen LogP contribution in [0.2, 0.25) is 10.0 Å². The second kappa shape index (κ2) is 8.14. The van der Waals surface area contributed by atoms with Crippen molar-refractivity contribution in [1.82, 2.24) is 9.21 Å². The molecule has 0 aliphatic carbocycles. The zero-order valence-electron chi connectivity index (χ0n) is 14.8. The van der Waals surface area contributed by atoms with Gasteiger partial charge in [0, 0.05) is 26.2 Å². The molecule has 29 heavy (non-hydrogen) atoms. The molecule has 1 heterocycles. The average molecular weight is 467 g/mol. The molecule has 0 saturated carbocycles. The van der Waals surface area contributed by atoms with Crippen molar-refractivity contribution in [2.45, 2.75) is 11.1 Å². The second-order valence-corrected chi connectivity index (χ2v) is 9.05. The number of benzene rings is 2. The number of piperazine rings is 1. The van der Waals surface area contributed by atoms with E-state index in [1.165, 1.54) is 11.0 Å². The fraction of sp³-hybridized carbons (Fsp3) is 0.278. The molecule has 1 amide bonds. The van der Waals surface area contributed by atoms with Gasteiger partial charge in [-0.15, -0.1) is 0 Å². The summed E-state index contributed by atoms with van der Waals surface area (Å²) in [5.41, 5.74) is -0.837. The Morgan fingerprint density at radius 1 is 0.966 bits per heavy atom. The Morgan fingerprint density at radius 3 is 2.21 bits per heavy atom. The minimum Gasteiger partial charge on any atom is -0.336 e. The van der Waals surface area contributed by atoms with Gasteiger partial charge in [0.1, 0.15) is 0 Å². The van der Waals surface area contributed by atoms with Gasteiger partial charge in [-0.25, -0.2) is 8.42 Å². The maximum atomic E-state index is 12.9. The predicted molar refractivity (Wildman–Crippen MR) is 103 cm³/mol. The van der Waals surface area contributed by atoms with Gasteiger partial charge in [0.25, 0.3) is 5.91 Å². The van der Waals surface area contributed by atoms with Crippen LogP contribution < -0.4 is 0 Å². The van der Waals surface area contributed by atoms with Crippen LogP contribution in [0.3, 0.4) is 0 Å². The minimum atomic E-state index is -4.65. The van der Waals surface area contributed by atoms with Crippen LogP contribution in [0.25, 0.3) is 0 Å². The van der Waals surface area contributed by atoms with Crippen LogP contribution in [0, 0.1) is 0 Å². The zero-order chi connectivity index (χ0) is 21.4. The number of hydrogen-bond donors (Lipinski definition) is 0. The van der Waals surface area contributed by atoms with Gasteiger partial charge in [-0.1, -0.05) is 35.3 Å². The molecule has 0 unspecified atom stereocenters. The number of alkyl halides is 3. The minimum absolute atomic E-state index is 0.0531. The Hall–Kier alpha value is -1.81. The molecule has 0 N–H and O–H groups in total. The summed E-state index contributed by atoms with van der Waals surface area (Å²) in [5, 5.41) is 0.335. The van der Waals surface area contributed by atoms with Crippen molar-refractivity contribution in [3.8, 4) is 0 Å². The molecule has 1 aliphatic heterocycles. The van der Waals surface area contributed by atoms with Crippen molar-refractivity contribution in [3.05, 3.63) is 63.6 Å². The predicted octanol–water partition coefficient (Wildman–Crippen LogP) is 4.16. The van der Waals surface area contributed by atoms with Crippen LogP contribution in [-0.2, 0) is 16.2 Å². The van der Waals surface area contributed by atoms with E-state index in [1.54, 1.807) is 12.1 Å². The van der Waals surface area contributed by atoms with Gasteiger partial charge in [0.15, 0.2) is 0 Å². The maximum Gasteiger partial charge on any atom is 0.416 e. The zero-order valence-corrected chi connectivity index (χ0v) is 17.1. The second-order valence-electron chi connectivity index (χ2n) is 6.32. The van der Waals surface area contributed by atoms with E-state index >= 15 is 0 Å². The molecule has 0 bridgehead atoms. The highest BCUT2D eigenvalue weighted by molar-refractivity contribution is 7.89. The number of hydrogen-bond acceptors (Lipinski definition) is 3. The summed E-state index contributed by atoms with van der Waals surface area (Å²) in [5.74, 6) is -0.395. The quantitative estimate of drug-likeness (QED) is 0.682. The van der Waals surface area contributed by atoms with Crippen molar-refractivity contribution in [2.75, 3.05) is 26.2 Å². The average Bonchev–Trinajstić information content (AvgIpc) is 2.69. The first-order chi connectivity index (χ1) is 13.5. The smallest absolute Gasteiger partial charge is 0.336 e. The number of amides is 1. The third-order valence-corrected chi connectivity index (χ3v) is 7.22. The van der Waals surface area contributed by atoms with Gasteiger partial charge in [-0.05, 0) is 30.3 Å². The lowest BCUT2D eigenvalue weighted by Crippen LogP contribution is -2.50. The van der Waals surface area contributed by atoms with Gasteiger partial charge in [0.05, 0.1) is 26.1 Å². The van der Waals surface area contributed by atoms with Crippen molar-refractivity contribution >= 4 is 39.1 Å². The third-order valence-electron chi connectivity index (χ3n) is 4.51. The van der Waals surface area contributed by atoms with E-state index < -0.39 is 32.6 Å². The molecule has 0 atom stereocenters. The lowest BCUT2D eigenvalue weighted by molar-refractivity contribution is -0.137. The highest BCUT2D eigenvalue weighted by atomic mass is 35.5. The topological polar surface area (TPSA) is 57.7 Å². The monoisotopic (exact) mass is 466 g/mol. The van der Waals surface area contributed by atoms with Crippen molar-refractivity contribution in [1.29, 1.82) is 0 Å². The molecule has 1 saturated heterocycles. The molecule has 3 rings (SSSR count). The Kier molecular flexibility index (Phi) is 6.14. The number of carbonyl (C=O) groups is 1. The molecule has 11 heteroatoms. The lowest BCUT2D eigenvalue weighted by atomic mass is 10.2. The van der Waals surface area contributed by atoms with Crippen LogP contribution in [0.15, 0.2) is 47.4 Å². The van der Waals surface area contributed by atoms with Crippen molar-refractivity contribution in [3.63, 3.8) is 0 Å². The van der Waals surface area contributed by atoms with Crippen LogP contribution in [0.5, 0.6) is 0 Å². The van der Waals surface area contributed by atoms with E-state index in [9.17, 15) is 26.4 Å². The van der Waals surface area contributed by atoms with Crippen LogP contribution in [0.4, 0.5) is 13.2 Å². The SMILES string of the molecule is O=C(c1cccc(Cl)c1Cl)N1CCN(S(=O)(=O)c2cccc(C(F)(F)F)c2)CC1. The number of halogens is 5. The Bertz CT molecular complexity index is 1040. The van der Waals surface area contributed by atoms with E-state index in [-0.39, 0.29) is 41.8 Å². The van der Waals surface area contributed by atoms with E-state index in [0.29, 0.717) is 6.07 Å². The fourth-order valence-electron chi connectivity index (χ4n) is 2.95. The molecule has 156 valence electrons. The van der Waals surface area contributed by atoms with Gasteiger partial charge in [-0.2, -0.15) is 17.5 Å². The molecule has 0 spiro atoms. The summed E-state index contributed by atoms with van der Waals surface area (Å²) in [7, 11) is -4.13. The first-order valence-electron chi connectivity index (χ1n) is 8.42. The van der Waals surface area contributed by atoms with Crippen LogP contribution >= 0.6 is 23.2 Å². The lowest BCUT2D eigenvalue weighted by Gasteiger charge is -2.34. The molecular formula is C18H15Cl2F3N2O3S. The molecular weight excluding hydrogens is 452 g/mol. The summed E-state index contributed by atoms with van der Waals surface area (Å²) in [4.78, 5) is 13.6. The summed E-state index contributed by atoms with van der Waals surface area (Å²) in [6.07, 6.45) is -4.65. The van der Waals surface area contributed by atoms with Gasteiger partial charge >= 0.3 is 6.18 Å². The van der Waals surface area contributed by atoms with E-state index in [0.717, 1.165) is 22.5 Å². The molecule has 2 aromatic carbocycles. The molecule has 5 nitrogen and oxygen atoms in total. The summed E-state index contributed by atoms with van der Waals surface area (Å²) >= 11 is 12.0. The van der Waals surface area contributed by atoms with E-state index in [2.05, 4.69) is 0 Å². The first-order valence-corrected chi connectivity index (χ1v) is 10.6. The largest absolute Gasteiger partial charge is 0.416 e. The third kappa shape index (κ3) is 4.53. The van der Waals surface area contributed by atoms with E-state index in [4.69, 9.17) is 23.2 Å². The first kappa shape index (κ1) is 21.9. The Labute approximate surface area is 175 Å².